The third kappa shape index (κ3) is 7.01. The van der Waals surface area contributed by atoms with Gasteiger partial charge in [-0.2, -0.15) is 0 Å². The Morgan fingerprint density at radius 2 is 0.714 bits per heavy atom. The molecule has 84 heavy (non-hydrogen) atoms. The summed E-state index contributed by atoms with van der Waals surface area (Å²) in [6.45, 7) is 0. The van der Waals surface area contributed by atoms with Gasteiger partial charge in [0.2, 0.25) is 0 Å². The SMILES string of the molecule is c1ccc(-c2cccc(-c3ccccc3)c2-c2ccc3c(c2)c2ccccc2n3-c2ccc3c(c2)N(c2ccc4oc5ccccc5c4c2)c2cc(-n4c5ccccc5c5ccccc54)ccc2N3c2ccc3sc4ccccc4c3c2)cc1. The number of hydrogen-bond donors (Lipinski definition) is 0. The predicted octanol–water partition coefficient (Wildman–Crippen LogP) is 22.4. The highest BCUT2D eigenvalue weighted by Crippen LogP contribution is 2.57. The molecule has 13 aromatic carbocycles. The third-order valence-electron chi connectivity index (χ3n) is 17.4. The maximum absolute atomic E-state index is 6.53. The Labute approximate surface area is 487 Å². The average molecular weight is 1090 g/mol. The number of furan rings is 1. The molecule has 0 atom stereocenters. The second-order valence-corrected chi connectivity index (χ2v) is 23.1. The molecule has 0 amide bonds. The molecule has 5 nitrogen and oxygen atoms in total. The maximum Gasteiger partial charge on any atom is 0.135 e. The molecule has 4 aromatic heterocycles. The second kappa shape index (κ2) is 18.3. The van der Waals surface area contributed by atoms with Crippen LogP contribution in [0.1, 0.15) is 0 Å². The largest absolute Gasteiger partial charge is 0.456 e. The van der Waals surface area contributed by atoms with Crippen LogP contribution in [0.25, 0.3) is 130 Å². The summed E-state index contributed by atoms with van der Waals surface area (Å²) >= 11 is 1.85. The zero-order chi connectivity index (χ0) is 55.0. The summed E-state index contributed by atoms with van der Waals surface area (Å²) in [6.07, 6.45) is 0. The van der Waals surface area contributed by atoms with Gasteiger partial charge in [0.15, 0.2) is 0 Å². The minimum Gasteiger partial charge on any atom is -0.456 e. The van der Waals surface area contributed by atoms with Crippen LogP contribution in [0.15, 0.2) is 296 Å². The Hall–Kier alpha value is -10.9. The number of thiophene rings is 1. The van der Waals surface area contributed by atoms with E-state index < -0.39 is 0 Å². The van der Waals surface area contributed by atoms with Crippen LogP contribution in [0.4, 0.5) is 34.1 Å². The van der Waals surface area contributed by atoms with E-state index in [9.17, 15) is 0 Å². The van der Waals surface area contributed by atoms with Crippen molar-refractivity contribution in [3.05, 3.63) is 291 Å². The molecule has 18 rings (SSSR count). The molecule has 0 aliphatic carbocycles. The van der Waals surface area contributed by atoms with E-state index >= 15 is 0 Å². The van der Waals surface area contributed by atoms with Crippen molar-refractivity contribution >= 4 is 131 Å². The van der Waals surface area contributed by atoms with Crippen molar-refractivity contribution in [2.75, 3.05) is 9.80 Å². The number of nitrogens with zero attached hydrogens (tertiary/aromatic N) is 4. The fourth-order valence-corrected chi connectivity index (χ4v) is 14.8. The number of aromatic nitrogens is 2. The van der Waals surface area contributed by atoms with Crippen molar-refractivity contribution in [3.63, 3.8) is 0 Å². The van der Waals surface area contributed by atoms with Crippen molar-refractivity contribution in [1.29, 1.82) is 0 Å². The summed E-state index contributed by atoms with van der Waals surface area (Å²) in [4.78, 5) is 4.99. The highest BCUT2D eigenvalue weighted by atomic mass is 32.1. The van der Waals surface area contributed by atoms with E-state index in [0.717, 1.165) is 89.5 Å². The summed E-state index contributed by atoms with van der Waals surface area (Å²) in [7, 11) is 0. The first-order valence-electron chi connectivity index (χ1n) is 28.6. The predicted molar refractivity (Wildman–Crippen MR) is 355 cm³/mol. The lowest BCUT2D eigenvalue weighted by atomic mass is 9.87. The number of hydrogen-bond acceptors (Lipinski definition) is 4. The summed E-state index contributed by atoms with van der Waals surface area (Å²) in [5.74, 6) is 0. The van der Waals surface area contributed by atoms with Crippen molar-refractivity contribution in [2.45, 2.75) is 0 Å². The first kappa shape index (κ1) is 46.8. The monoisotopic (exact) mass is 1090 g/mol. The quantitative estimate of drug-likeness (QED) is 0.159. The van der Waals surface area contributed by atoms with E-state index in [2.05, 4.69) is 304 Å². The molecule has 1 aliphatic rings. The number of rotatable bonds is 7. The first-order chi connectivity index (χ1) is 41.7. The second-order valence-electron chi connectivity index (χ2n) is 22.0. The zero-order valence-corrected chi connectivity index (χ0v) is 46.1. The van der Waals surface area contributed by atoms with Gasteiger partial charge in [0.25, 0.3) is 0 Å². The highest BCUT2D eigenvalue weighted by molar-refractivity contribution is 7.25. The molecule has 0 bridgehead atoms. The molecule has 5 heterocycles. The molecule has 0 N–H and O–H groups in total. The molecule has 6 heteroatoms. The van der Waals surface area contributed by atoms with Crippen LogP contribution in [0.3, 0.4) is 0 Å². The van der Waals surface area contributed by atoms with Gasteiger partial charge in [-0.05, 0) is 149 Å². The van der Waals surface area contributed by atoms with Gasteiger partial charge in [0.1, 0.15) is 11.2 Å². The van der Waals surface area contributed by atoms with E-state index in [1.165, 1.54) is 75.1 Å². The van der Waals surface area contributed by atoms with Crippen LogP contribution >= 0.6 is 11.3 Å². The van der Waals surface area contributed by atoms with Crippen molar-refractivity contribution in [2.24, 2.45) is 0 Å². The molecule has 0 spiro atoms. The Kier molecular flexibility index (Phi) is 10.2. The average Bonchev–Trinajstić information content (AvgIpc) is 1.70. The van der Waals surface area contributed by atoms with Gasteiger partial charge in [-0.3, -0.25) is 0 Å². The van der Waals surface area contributed by atoms with Gasteiger partial charge in [-0.25, -0.2) is 0 Å². The van der Waals surface area contributed by atoms with Gasteiger partial charge in [-0.15, -0.1) is 11.3 Å². The van der Waals surface area contributed by atoms with Crippen LogP contribution in [-0.2, 0) is 0 Å². The molecular formula is C78H48N4OS. The zero-order valence-electron chi connectivity index (χ0n) is 45.3. The lowest BCUT2D eigenvalue weighted by molar-refractivity contribution is 0.669. The molecule has 17 aromatic rings. The topological polar surface area (TPSA) is 29.5 Å². The van der Waals surface area contributed by atoms with Crippen LogP contribution in [0, 0.1) is 0 Å². The fourth-order valence-electron chi connectivity index (χ4n) is 13.7. The summed E-state index contributed by atoms with van der Waals surface area (Å²) in [5.41, 5.74) is 22.0. The molecule has 0 saturated carbocycles. The van der Waals surface area contributed by atoms with Gasteiger partial charge >= 0.3 is 0 Å². The number of anilines is 6. The smallest absolute Gasteiger partial charge is 0.135 e. The molecule has 1 aliphatic heterocycles. The summed E-state index contributed by atoms with van der Waals surface area (Å²) in [5, 5.41) is 9.51. The van der Waals surface area contributed by atoms with E-state index in [-0.39, 0.29) is 0 Å². The van der Waals surface area contributed by atoms with Gasteiger partial charge in [0, 0.05) is 75.2 Å². The Morgan fingerprint density at radius 1 is 0.250 bits per heavy atom. The molecule has 0 saturated heterocycles. The standard InChI is InChI=1S/C78H48N4OS/c1-3-18-49(19-4-1)56-27-17-28-57(50-20-5-2-6-21-50)78(56)51-34-39-69-63(44-51)60-24-9-14-31-68(60)80(69)55-36-41-71-73(48-55)82(52-37-42-75-64(45-52)61-25-10-15-32-74(61)83-75)72-47-54(79-66-29-12-7-22-58(66)59-23-8-13-30-67(59)79)35-40-70(72)81(71)53-38-43-77-65(46-53)62-26-11-16-33-76(62)84-77/h1-48H. The molecular weight excluding hydrogens is 1040 g/mol. The Bertz CT molecular complexity index is 5420. The number of para-hydroxylation sites is 4. The minimum absolute atomic E-state index is 0.857. The maximum atomic E-state index is 6.53. The van der Waals surface area contributed by atoms with Crippen molar-refractivity contribution in [3.8, 4) is 44.8 Å². The van der Waals surface area contributed by atoms with Crippen LogP contribution in [0.2, 0.25) is 0 Å². The Balaban J connectivity index is 0.903. The fraction of sp³-hybridized carbons (Fsp3) is 0. The van der Waals surface area contributed by atoms with Crippen LogP contribution in [-0.4, -0.2) is 9.13 Å². The molecule has 0 fully saturated rings. The van der Waals surface area contributed by atoms with Crippen LogP contribution in [0.5, 0.6) is 0 Å². The third-order valence-corrected chi connectivity index (χ3v) is 18.6. The number of benzene rings is 13. The van der Waals surface area contributed by atoms with E-state index in [0.29, 0.717) is 0 Å². The Morgan fingerprint density at radius 3 is 1.35 bits per heavy atom. The lowest BCUT2D eigenvalue weighted by Crippen LogP contribution is -2.24. The van der Waals surface area contributed by atoms with E-state index in [1.807, 2.05) is 17.4 Å². The van der Waals surface area contributed by atoms with Crippen molar-refractivity contribution < 1.29 is 4.42 Å². The van der Waals surface area contributed by atoms with Gasteiger partial charge < -0.3 is 23.4 Å². The van der Waals surface area contributed by atoms with Gasteiger partial charge in [-0.1, -0.05) is 176 Å². The normalized spacial score (nSPS) is 12.5. The highest BCUT2D eigenvalue weighted by Gasteiger charge is 2.33. The molecule has 392 valence electrons. The molecule has 0 radical (unpaired) electrons. The van der Waals surface area contributed by atoms with E-state index in [4.69, 9.17) is 4.42 Å². The molecule has 0 unspecified atom stereocenters. The summed E-state index contributed by atoms with van der Waals surface area (Å²) in [6, 6.07) is 107. The first-order valence-corrected chi connectivity index (χ1v) is 29.5. The van der Waals surface area contributed by atoms with Crippen LogP contribution < -0.4 is 9.80 Å². The van der Waals surface area contributed by atoms with E-state index in [1.54, 1.807) is 0 Å². The minimum atomic E-state index is 0.857. The summed E-state index contributed by atoms with van der Waals surface area (Å²) < 4.78 is 14.0. The van der Waals surface area contributed by atoms with Gasteiger partial charge in [0.05, 0.1) is 44.8 Å². The van der Waals surface area contributed by atoms with Crippen molar-refractivity contribution in [1.82, 2.24) is 9.13 Å². The number of fused-ring (bicyclic) bond motifs is 14. The lowest BCUT2D eigenvalue weighted by Gasteiger charge is -2.41.